The highest BCUT2D eigenvalue weighted by atomic mass is 79.9. The largest absolute Gasteiger partial charge is 0.492 e. The summed E-state index contributed by atoms with van der Waals surface area (Å²) in [6.45, 7) is 1.55. The topological polar surface area (TPSA) is 96.0 Å². The van der Waals surface area contributed by atoms with Gasteiger partial charge in [-0.3, -0.25) is 13.9 Å². The molecule has 0 aromatic heterocycles. The zero-order valence-corrected chi connectivity index (χ0v) is 27.5. The van der Waals surface area contributed by atoms with E-state index in [0.717, 1.165) is 19.9 Å². The van der Waals surface area contributed by atoms with Crippen LogP contribution in [0.5, 0.6) is 5.75 Å². The van der Waals surface area contributed by atoms with Gasteiger partial charge in [0.15, 0.2) is 0 Å². The highest BCUT2D eigenvalue weighted by Gasteiger charge is 2.35. The van der Waals surface area contributed by atoms with E-state index in [1.807, 2.05) is 54.6 Å². The lowest BCUT2D eigenvalue weighted by atomic mass is 10.0. The van der Waals surface area contributed by atoms with Crippen LogP contribution in [0.25, 0.3) is 0 Å². The van der Waals surface area contributed by atoms with Crippen molar-refractivity contribution in [1.29, 1.82) is 0 Å². The Hall–Kier alpha value is -3.86. The number of anilines is 1. The number of carbonyl (C=O) groups is 2. The number of para-hydroxylation sites is 2. The molecule has 2 amide bonds. The Morgan fingerprint density at radius 2 is 1.52 bits per heavy atom. The number of likely N-dealkylation sites (N-methyl/N-ethyl adjacent to an activating group) is 1. The summed E-state index contributed by atoms with van der Waals surface area (Å²) in [4.78, 5) is 29.2. The third kappa shape index (κ3) is 8.19. The second-order valence-electron chi connectivity index (χ2n) is 9.83. The fourth-order valence-electron chi connectivity index (χ4n) is 4.69. The lowest BCUT2D eigenvalue weighted by molar-refractivity contribution is -0.139. The van der Waals surface area contributed by atoms with Crippen molar-refractivity contribution in [1.82, 2.24) is 10.2 Å². The zero-order valence-electron chi connectivity index (χ0n) is 24.3. The Balaban J connectivity index is 1.82. The molecule has 0 spiro atoms. The Kier molecular flexibility index (Phi) is 11.4. The fourth-order valence-corrected chi connectivity index (χ4v) is 6.51. The van der Waals surface area contributed by atoms with Crippen LogP contribution < -0.4 is 14.4 Å². The van der Waals surface area contributed by atoms with Gasteiger partial charge in [0.05, 0.1) is 17.2 Å². The molecule has 0 saturated heterocycles. The molecule has 11 heteroatoms. The predicted octanol–water partition coefficient (Wildman–Crippen LogP) is 6.08. The molecular weight excluding hydrogens is 666 g/mol. The Labute approximate surface area is 271 Å². The van der Waals surface area contributed by atoms with E-state index in [4.69, 9.17) is 16.3 Å². The van der Waals surface area contributed by atoms with E-state index in [1.165, 1.54) is 36.2 Å². The molecule has 0 heterocycles. The third-order valence-corrected chi connectivity index (χ3v) is 9.45. The SMILES string of the molecule is CCOc1ccccc1N(CC(=O)N(Cc1ccc(Br)cc1)[C@@H](Cc1ccccc1)C(=O)NC)S(=O)(=O)c1ccc(Cl)cc1. The third-order valence-electron chi connectivity index (χ3n) is 6.90. The fraction of sp³-hybridized carbons (Fsp3) is 0.212. The van der Waals surface area contributed by atoms with Crippen LogP contribution in [-0.4, -0.2) is 51.4 Å². The second-order valence-corrected chi connectivity index (χ2v) is 13.0. The molecule has 0 bridgehead atoms. The van der Waals surface area contributed by atoms with Crippen LogP contribution in [0.2, 0.25) is 5.02 Å². The highest BCUT2D eigenvalue weighted by molar-refractivity contribution is 9.10. The molecule has 1 atom stereocenters. The maximum Gasteiger partial charge on any atom is 0.264 e. The van der Waals surface area contributed by atoms with Gasteiger partial charge in [-0.05, 0) is 66.6 Å². The summed E-state index contributed by atoms with van der Waals surface area (Å²) >= 11 is 9.49. The van der Waals surface area contributed by atoms with Gasteiger partial charge in [0.2, 0.25) is 11.8 Å². The van der Waals surface area contributed by atoms with E-state index in [0.29, 0.717) is 10.8 Å². The number of nitrogens with one attached hydrogen (secondary N) is 1. The predicted molar refractivity (Wildman–Crippen MR) is 176 cm³/mol. The molecule has 0 fully saturated rings. The van der Waals surface area contributed by atoms with E-state index in [2.05, 4.69) is 21.2 Å². The number of sulfonamides is 1. The van der Waals surface area contributed by atoms with Crippen molar-refractivity contribution in [2.45, 2.75) is 30.8 Å². The Bertz CT molecular complexity index is 1670. The molecular formula is C33H33BrClN3O5S. The van der Waals surface area contributed by atoms with E-state index >= 15 is 0 Å². The first-order valence-electron chi connectivity index (χ1n) is 13.9. The number of carbonyl (C=O) groups excluding carboxylic acids is 2. The molecule has 4 rings (SSSR count). The number of hydrogen-bond acceptors (Lipinski definition) is 5. The van der Waals surface area contributed by atoms with Crippen molar-refractivity contribution in [3.8, 4) is 5.75 Å². The molecule has 1 N–H and O–H groups in total. The average Bonchev–Trinajstić information content (AvgIpc) is 3.03. The van der Waals surface area contributed by atoms with E-state index < -0.39 is 28.5 Å². The van der Waals surface area contributed by atoms with Gasteiger partial charge in [0.1, 0.15) is 18.3 Å². The Morgan fingerprint density at radius 1 is 0.886 bits per heavy atom. The van der Waals surface area contributed by atoms with E-state index in [1.54, 1.807) is 31.2 Å². The maximum atomic E-state index is 14.4. The summed E-state index contributed by atoms with van der Waals surface area (Å²) in [6, 6.07) is 28.2. The van der Waals surface area contributed by atoms with Crippen molar-refractivity contribution in [3.05, 3.63) is 124 Å². The van der Waals surface area contributed by atoms with Gasteiger partial charge in [0, 0.05) is 29.5 Å². The molecule has 0 radical (unpaired) electrons. The number of nitrogens with zero attached hydrogens (tertiary/aromatic N) is 2. The molecule has 0 unspecified atom stereocenters. The standard InChI is InChI=1S/C33H33BrClN3O5S/c1-3-43-31-12-8-7-11-29(31)38(44(41,42)28-19-17-27(35)18-20-28)23-32(39)37(22-25-13-15-26(34)16-14-25)30(33(40)36-2)21-24-9-5-4-6-10-24/h4-20,30H,3,21-23H2,1-2H3,(H,36,40)/t30-/m0/s1. The zero-order chi connectivity index (χ0) is 31.7. The summed E-state index contributed by atoms with van der Waals surface area (Å²) in [5.41, 5.74) is 1.81. The minimum absolute atomic E-state index is 0.0485. The quantitative estimate of drug-likeness (QED) is 0.183. The average molecular weight is 699 g/mol. The van der Waals surface area contributed by atoms with Gasteiger partial charge < -0.3 is 15.0 Å². The molecule has 0 saturated carbocycles. The first-order chi connectivity index (χ1) is 21.1. The minimum atomic E-state index is -4.29. The van der Waals surface area contributed by atoms with Crippen molar-refractivity contribution in [3.63, 3.8) is 0 Å². The maximum absolute atomic E-state index is 14.4. The van der Waals surface area contributed by atoms with Gasteiger partial charge in [-0.25, -0.2) is 8.42 Å². The summed E-state index contributed by atoms with van der Waals surface area (Å²) < 4.78 is 36.0. The Morgan fingerprint density at radius 3 is 2.16 bits per heavy atom. The molecule has 4 aromatic rings. The van der Waals surface area contributed by atoms with Crippen molar-refractivity contribution in [2.24, 2.45) is 0 Å². The molecule has 230 valence electrons. The minimum Gasteiger partial charge on any atom is -0.492 e. The lowest BCUT2D eigenvalue weighted by Gasteiger charge is -2.34. The summed E-state index contributed by atoms with van der Waals surface area (Å²) in [6.07, 6.45) is 0.224. The van der Waals surface area contributed by atoms with Crippen molar-refractivity contribution >= 4 is 55.1 Å². The molecule has 8 nitrogen and oxygen atoms in total. The lowest BCUT2D eigenvalue weighted by Crippen LogP contribution is -2.53. The summed E-state index contributed by atoms with van der Waals surface area (Å²) in [7, 11) is -2.78. The molecule has 0 aliphatic heterocycles. The number of hydrogen-bond donors (Lipinski definition) is 1. The van der Waals surface area contributed by atoms with Crippen LogP contribution in [-0.2, 0) is 32.6 Å². The van der Waals surface area contributed by atoms with Gasteiger partial charge in [-0.1, -0.05) is 82.1 Å². The van der Waals surface area contributed by atoms with Crippen LogP contribution in [0.1, 0.15) is 18.1 Å². The van der Waals surface area contributed by atoms with Gasteiger partial charge in [-0.2, -0.15) is 0 Å². The van der Waals surface area contributed by atoms with E-state index in [-0.39, 0.29) is 36.1 Å². The van der Waals surface area contributed by atoms with Crippen LogP contribution >= 0.6 is 27.5 Å². The van der Waals surface area contributed by atoms with Gasteiger partial charge in [-0.15, -0.1) is 0 Å². The first-order valence-corrected chi connectivity index (χ1v) is 16.5. The summed E-state index contributed by atoms with van der Waals surface area (Å²) in [5.74, 6) is -0.644. The number of benzene rings is 4. The van der Waals surface area contributed by atoms with Crippen LogP contribution in [0.3, 0.4) is 0 Å². The van der Waals surface area contributed by atoms with Crippen molar-refractivity contribution in [2.75, 3.05) is 24.5 Å². The smallest absolute Gasteiger partial charge is 0.264 e. The van der Waals surface area contributed by atoms with Crippen LogP contribution in [0.15, 0.2) is 112 Å². The van der Waals surface area contributed by atoms with Crippen LogP contribution in [0, 0.1) is 0 Å². The first kappa shape index (κ1) is 33.0. The number of amides is 2. The monoisotopic (exact) mass is 697 g/mol. The summed E-state index contributed by atoms with van der Waals surface area (Å²) in [5, 5.41) is 3.05. The second kappa shape index (κ2) is 15.2. The van der Waals surface area contributed by atoms with Crippen LogP contribution in [0.4, 0.5) is 5.69 Å². The van der Waals surface area contributed by atoms with Gasteiger partial charge in [0.25, 0.3) is 10.0 Å². The number of rotatable bonds is 13. The van der Waals surface area contributed by atoms with Gasteiger partial charge >= 0.3 is 0 Å². The molecule has 44 heavy (non-hydrogen) atoms. The molecule has 4 aromatic carbocycles. The molecule has 0 aliphatic carbocycles. The highest BCUT2D eigenvalue weighted by Crippen LogP contribution is 2.33. The number of halogens is 2. The normalized spacial score (nSPS) is 11.8. The van der Waals surface area contributed by atoms with E-state index in [9.17, 15) is 18.0 Å². The van der Waals surface area contributed by atoms with Crippen molar-refractivity contribution < 1.29 is 22.7 Å². The molecule has 0 aliphatic rings. The number of ether oxygens (including phenoxy) is 1.